The Kier molecular flexibility index (Phi) is 1.98. The fraction of sp³-hybridized carbons (Fsp3) is 0.636. The molecule has 3 nitrogen and oxygen atoms in total. The average Bonchev–Trinajstić information content (AvgIpc) is 2.57. The Morgan fingerprint density at radius 2 is 2.29 bits per heavy atom. The summed E-state index contributed by atoms with van der Waals surface area (Å²) >= 11 is 0. The summed E-state index contributed by atoms with van der Waals surface area (Å²) in [5.74, 6) is -0.196. The number of ether oxygens (including phenoxy) is 1. The van der Waals surface area contributed by atoms with Crippen LogP contribution in [0.15, 0.2) is 12.2 Å². The minimum absolute atomic E-state index is 0.106. The smallest absolute Gasteiger partial charge is 0.334 e. The SMILES string of the molecule is C=C1CC2(CCC(=O)C2CC)OC1=O. The summed E-state index contributed by atoms with van der Waals surface area (Å²) in [4.78, 5) is 22.8. The second-order valence-corrected chi connectivity index (χ2v) is 4.16. The first-order valence-corrected chi connectivity index (χ1v) is 5.03. The summed E-state index contributed by atoms with van der Waals surface area (Å²) < 4.78 is 5.34. The minimum atomic E-state index is -0.528. The Hall–Kier alpha value is -1.12. The number of esters is 1. The van der Waals surface area contributed by atoms with Crippen LogP contribution in [0.3, 0.4) is 0 Å². The van der Waals surface area contributed by atoms with E-state index in [1.54, 1.807) is 0 Å². The van der Waals surface area contributed by atoms with Gasteiger partial charge in [-0.2, -0.15) is 0 Å². The second-order valence-electron chi connectivity index (χ2n) is 4.16. The molecule has 1 saturated carbocycles. The third-order valence-corrected chi connectivity index (χ3v) is 3.32. The molecule has 2 atom stereocenters. The summed E-state index contributed by atoms with van der Waals surface area (Å²) in [6.07, 6.45) is 2.50. The highest BCUT2D eigenvalue weighted by Crippen LogP contribution is 2.46. The predicted octanol–water partition coefficient (Wildman–Crippen LogP) is 1.62. The van der Waals surface area contributed by atoms with Crippen LogP contribution in [0.1, 0.15) is 32.6 Å². The van der Waals surface area contributed by atoms with Crippen LogP contribution in [0, 0.1) is 5.92 Å². The highest BCUT2D eigenvalue weighted by atomic mass is 16.6. The van der Waals surface area contributed by atoms with E-state index in [2.05, 4.69) is 6.58 Å². The highest BCUT2D eigenvalue weighted by molar-refractivity contribution is 5.93. The second kappa shape index (κ2) is 2.94. The van der Waals surface area contributed by atoms with E-state index in [9.17, 15) is 9.59 Å². The zero-order valence-electron chi connectivity index (χ0n) is 8.34. The molecule has 1 aliphatic heterocycles. The van der Waals surface area contributed by atoms with Crippen LogP contribution < -0.4 is 0 Å². The van der Waals surface area contributed by atoms with Gasteiger partial charge >= 0.3 is 5.97 Å². The highest BCUT2D eigenvalue weighted by Gasteiger charge is 2.54. The summed E-state index contributed by atoms with van der Waals surface area (Å²) in [7, 11) is 0. The van der Waals surface area contributed by atoms with E-state index in [4.69, 9.17) is 4.74 Å². The monoisotopic (exact) mass is 194 g/mol. The maximum Gasteiger partial charge on any atom is 0.334 e. The van der Waals surface area contributed by atoms with Gasteiger partial charge in [0.15, 0.2) is 0 Å². The number of rotatable bonds is 1. The molecule has 76 valence electrons. The van der Waals surface area contributed by atoms with E-state index in [-0.39, 0.29) is 17.7 Å². The maximum absolute atomic E-state index is 11.6. The zero-order valence-corrected chi connectivity index (χ0v) is 8.34. The van der Waals surface area contributed by atoms with Gasteiger partial charge in [-0.05, 0) is 12.8 Å². The molecular formula is C11H14O3. The number of carbonyl (C=O) groups excluding carboxylic acids is 2. The molecule has 1 heterocycles. The van der Waals surface area contributed by atoms with Gasteiger partial charge in [-0.25, -0.2) is 4.79 Å². The molecule has 2 fully saturated rings. The number of ketones is 1. The molecule has 2 aliphatic rings. The molecule has 14 heavy (non-hydrogen) atoms. The van der Waals surface area contributed by atoms with Crippen LogP contribution in [-0.4, -0.2) is 17.4 Å². The van der Waals surface area contributed by atoms with Crippen molar-refractivity contribution in [2.24, 2.45) is 5.92 Å². The van der Waals surface area contributed by atoms with E-state index in [0.29, 0.717) is 24.8 Å². The van der Waals surface area contributed by atoms with Crippen molar-refractivity contribution in [1.82, 2.24) is 0 Å². The summed E-state index contributed by atoms with van der Waals surface area (Å²) in [6, 6.07) is 0. The van der Waals surface area contributed by atoms with Crippen LogP contribution >= 0.6 is 0 Å². The van der Waals surface area contributed by atoms with Gasteiger partial charge in [-0.3, -0.25) is 4.79 Å². The van der Waals surface area contributed by atoms with Crippen molar-refractivity contribution < 1.29 is 14.3 Å². The lowest BCUT2D eigenvalue weighted by molar-refractivity contribution is -0.150. The fourth-order valence-electron chi connectivity index (χ4n) is 2.64. The fourth-order valence-corrected chi connectivity index (χ4v) is 2.64. The van der Waals surface area contributed by atoms with E-state index in [1.165, 1.54) is 0 Å². The van der Waals surface area contributed by atoms with Crippen LogP contribution in [0.2, 0.25) is 0 Å². The van der Waals surface area contributed by atoms with E-state index in [0.717, 1.165) is 6.42 Å². The minimum Gasteiger partial charge on any atom is -0.455 e. The van der Waals surface area contributed by atoms with Crippen molar-refractivity contribution in [3.05, 3.63) is 12.2 Å². The molecule has 1 saturated heterocycles. The molecule has 1 spiro atoms. The number of hydrogen-bond acceptors (Lipinski definition) is 3. The Bertz CT molecular complexity index is 300. The van der Waals surface area contributed by atoms with Crippen molar-refractivity contribution in [1.29, 1.82) is 0 Å². The van der Waals surface area contributed by atoms with Gasteiger partial charge in [0, 0.05) is 18.4 Å². The van der Waals surface area contributed by atoms with Crippen LogP contribution in [0.5, 0.6) is 0 Å². The van der Waals surface area contributed by atoms with E-state index in [1.807, 2.05) is 6.92 Å². The quantitative estimate of drug-likeness (QED) is 0.470. The van der Waals surface area contributed by atoms with Gasteiger partial charge in [-0.15, -0.1) is 0 Å². The predicted molar refractivity (Wildman–Crippen MR) is 50.6 cm³/mol. The summed E-state index contributed by atoms with van der Waals surface area (Å²) in [5, 5.41) is 0. The first-order chi connectivity index (χ1) is 6.59. The molecule has 0 aromatic carbocycles. The third kappa shape index (κ3) is 1.11. The van der Waals surface area contributed by atoms with Crippen molar-refractivity contribution in [3.8, 4) is 0 Å². The third-order valence-electron chi connectivity index (χ3n) is 3.32. The lowest BCUT2D eigenvalue weighted by Crippen LogP contribution is -2.35. The van der Waals surface area contributed by atoms with Crippen LogP contribution in [0.4, 0.5) is 0 Å². The largest absolute Gasteiger partial charge is 0.455 e. The van der Waals surface area contributed by atoms with Gasteiger partial charge in [0.2, 0.25) is 0 Å². The molecule has 0 aromatic heterocycles. The van der Waals surface area contributed by atoms with E-state index >= 15 is 0 Å². The van der Waals surface area contributed by atoms with Crippen molar-refractivity contribution in [2.45, 2.75) is 38.2 Å². The summed E-state index contributed by atoms with van der Waals surface area (Å²) in [5.41, 5.74) is -0.0156. The molecule has 0 radical (unpaired) electrons. The molecular weight excluding hydrogens is 180 g/mol. The molecule has 0 amide bonds. The van der Waals surface area contributed by atoms with Crippen molar-refractivity contribution in [3.63, 3.8) is 0 Å². The Balaban J connectivity index is 2.29. The Morgan fingerprint density at radius 3 is 2.79 bits per heavy atom. The Labute approximate surface area is 83.1 Å². The van der Waals surface area contributed by atoms with E-state index < -0.39 is 5.60 Å². The first-order valence-electron chi connectivity index (χ1n) is 5.03. The van der Waals surface area contributed by atoms with Gasteiger partial charge < -0.3 is 4.74 Å². The zero-order chi connectivity index (χ0) is 10.3. The van der Waals surface area contributed by atoms with Crippen LogP contribution in [-0.2, 0) is 14.3 Å². The number of Topliss-reactive ketones (excluding diaryl/α,β-unsaturated/α-hetero) is 1. The number of hydrogen-bond donors (Lipinski definition) is 0. The van der Waals surface area contributed by atoms with Crippen LogP contribution in [0.25, 0.3) is 0 Å². The molecule has 0 aromatic rings. The van der Waals surface area contributed by atoms with Gasteiger partial charge in [0.25, 0.3) is 0 Å². The van der Waals surface area contributed by atoms with Gasteiger partial charge in [-0.1, -0.05) is 13.5 Å². The molecule has 3 heteroatoms. The average molecular weight is 194 g/mol. The first kappa shape index (κ1) is 9.44. The summed E-state index contributed by atoms with van der Waals surface area (Å²) in [6.45, 7) is 5.62. The Morgan fingerprint density at radius 1 is 1.57 bits per heavy atom. The normalized spacial score (nSPS) is 36.9. The lowest BCUT2D eigenvalue weighted by Gasteiger charge is -2.27. The van der Waals surface area contributed by atoms with Gasteiger partial charge in [0.05, 0.1) is 5.92 Å². The topological polar surface area (TPSA) is 43.4 Å². The molecule has 0 bridgehead atoms. The molecule has 0 N–H and O–H groups in total. The maximum atomic E-state index is 11.6. The molecule has 2 unspecified atom stereocenters. The molecule has 1 aliphatic carbocycles. The van der Waals surface area contributed by atoms with Crippen molar-refractivity contribution >= 4 is 11.8 Å². The lowest BCUT2D eigenvalue weighted by atomic mass is 9.85. The van der Waals surface area contributed by atoms with Crippen molar-refractivity contribution in [2.75, 3.05) is 0 Å². The standard InChI is InChI=1S/C11H14O3/c1-3-8-9(12)4-5-11(8)6-7(2)10(13)14-11/h8H,2-6H2,1H3. The number of carbonyl (C=O) groups is 2. The van der Waals surface area contributed by atoms with Gasteiger partial charge in [0.1, 0.15) is 11.4 Å². The molecule has 2 rings (SSSR count).